The van der Waals surface area contributed by atoms with Gasteiger partial charge in [-0.25, -0.2) is 4.98 Å². The van der Waals surface area contributed by atoms with Crippen LogP contribution in [0.3, 0.4) is 0 Å². The Morgan fingerprint density at radius 3 is 2.70 bits per heavy atom. The van der Waals surface area contributed by atoms with Crippen LogP contribution in [0, 0.1) is 0 Å². The highest BCUT2D eigenvalue weighted by atomic mass is 16.2. The maximum atomic E-state index is 12.1. The van der Waals surface area contributed by atoms with Gasteiger partial charge in [0.05, 0.1) is 11.0 Å². The van der Waals surface area contributed by atoms with Crippen LogP contribution < -0.4 is 11.1 Å². The summed E-state index contributed by atoms with van der Waals surface area (Å²) < 4.78 is 1.95. The number of hydrogen-bond acceptors (Lipinski definition) is 3. The molecule has 0 bridgehead atoms. The molecule has 2 aromatic rings. The molecule has 0 unspecified atom stereocenters. The highest BCUT2D eigenvalue weighted by Gasteiger charge is 2.17. The van der Waals surface area contributed by atoms with Gasteiger partial charge in [0, 0.05) is 17.6 Å². The zero-order valence-electron chi connectivity index (χ0n) is 12.5. The standard InChI is InChI=1S/C15H22N4O/c1-5-13-17-11-8-10(16)6-7-12(11)19(13)9-14(20)18-15(2,3)4/h6-8H,5,9,16H2,1-4H3,(H,18,20). The van der Waals surface area contributed by atoms with Gasteiger partial charge in [-0.15, -0.1) is 0 Å². The summed E-state index contributed by atoms with van der Waals surface area (Å²) in [5.74, 6) is 0.887. The first-order chi connectivity index (χ1) is 9.30. The van der Waals surface area contributed by atoms with E-state index in [2.05, 4.69) is 10.3 Å². The van der Waals surface area contributed by atoms with Gasteiger partial charge in [0.25, 0.3) is 0 Å². The fraction of sp³-hybridized carbons (Fsp3) is 0.467. The quantitative estimate of drug-likeness (QED) is 0.842. The van der Waals surface area contributed by atoms with E-state index in [1.165, 1.54) is 0 Å². The molecule has 1 heterocycles. The number of nitrogens with zero attached hydrogens (tertiary/aromatic N) is 2. The molecule has 0 aliphatic heterocycles. The van der Waals surface area contributed by atoms with Crippen LogP contribution in [0.1, 0.15) is 33.5 Å². The van der Waals surface area contributed by atoms with Crippen molar-refractivity contribution in [1.29, 1.82) is 0 Å². The minimum atomic E-state index is -0.232. The molecule has 0 atom stereocenters. The second-order valence-electron chi connectivity index (χ2n) is 6.01. The Kier molecular flexibility index (Phi) is 3.70. The van der Waals surface area contributed by atoms with Crippen molar-refractivity contribution in [3.05, 3.63) is 24.0 Å². The van der Waals surface area contributed by atoms with Crippen molar-refractivity contribution in [2.24, 2.45) is 0 Å². The Bertz CT molecular complexity index is 637. The molecule has 0 fully saturated rings. The van der Waals surface area contributed by atoms with E-state index in [-0.39, 0.29) is 18.0 Å². The number of nitrogens with two attached hydrogens (primary N) is 1. The molecule has 5 heteroatoms. The van der Waals surface area contributed by atoms with E-state index in [1.807, 2.05) is 50.5 Å². The Hall–Kier alpha value is -2.04. The number of anilines is 1. The van der Waals surface area contributed by atoms with Crippen LogP contribution in [-0.4, -0.2) is 21.0 Å². The lowest BCUT2D eigenvalue weighted by Crippen LogP contribution is -2.42. The molecule has 1 amide bonds. The summed E-state index contributed by atoms with van der Waals surface area (Å²) in [6.45, 7) is 8.22. The minimum absolute atomic E-state index is 0.0108. The Morgan fingerprint density at radius 2 is 2.10 bits per heavy atom. The number of benzene rings is 1. The number of nitrogens with one attached hydrogen (secondary N) is 1. The first-order valence-electron chi connectivity index (χ1n) is 6.86. The number of rotatable bonds is 3. The largest absolute Gasteiger partial charge is 0.399 e. The molecule has 1 aromatic carbocycles. The molecule has 0 aliphatic carbocycles. The lowest BCUT2D eigenvalue weighted by Gasteiger charge is -2.21. The van der Waals surface area contributed by atoms with Gasteiger partial charge in [0.1, 0.15) is 12.4 Å². The number of aryl methyl sites for hydroxylation is 1. The van der Waals surface area contributed by atoms with Gasteiger partial charge in [-0.3, -0.25) is 4.79 Å². The van der Waals surface area contributed by atoms with E-state index < -0.39 is 0 Å². The number of amides is 1. The highest BCUT2D eigenvalue weighted by Crippen LogP contribution is 2.19. The van der Waals surface area contributed by atoms with Crippen molar-refractivity contribution < 1.29 is 4.79 Å². The molecule has 0 saturated carbocycles. The molecule has 0 saturated heterocycles. The summed E-state index contributed by atoms with van der Waals surface area (Å²) in [5, 5.41) is 2.97. The smallest absolute Gasteiger partial charge is 0.240 e. The van der Waals surface area contributed by atoms with Crippen molar-refractivity contribution in [2.45, 2.75) is 46.2 Å². The number of hydrogen-bond donors (Lipinski definition) is 2. The molecule has 20 heavy (non-hydrogen) atoms. The minimum Gasteiger partial charge on any atom is -0.399 e. The zero-order valence-corrected chi connectivity index (χ0v) is 12.5. The maximum Gasteiger partial charge on any atom is 0.240 e. The first kappa shape index (κ1) is 14.4. The van der Waals surface area contributed by atoms with E-state index in [9.17, 15) is 4.79 Å². The van der Waals surface area contributed by atoms with Crippen molar-refractivity contribution >= 4 is 22.6 Å². The molecule has 2 rings (SSSR count). The SMILES string of the molecule is CCc1nc2cc(N)ccc2n1CC(=O)NC(C)(C)C. The van der Waals surface area contributed by atoms with E-state index >= 15 is 0 Å². The van der Waals surface area contributed by atoms with Gasteiger partial charge in [-0.2, -0.15) is 0 Å². The van der Waals surface area contributed by atoms with E-state index in [1.54, 1.807) is 0 Å². The summed E-state index contributed by atoms with van der Waals surface area (Å²) in [6, 6.07) is 5.59. The molecule has 0 spiro atoms. The van der Waals surface area contributed by atoms with Crippen LogP contribution in [0.15, 0.2) is 18.2 Å². The fourth-order valence-corrected chi connectivity index (χ4v) is 2.24. The third-order valence-corrected chi connectivity index (χ3v) is 2.98. The molecule has 0 radical (unpaired) electrons. The number of nitrogen functional groups attached to an aromatic ring is 1. The predicted octanol–water partition coefficient (Wildman–Crippen LogP) is 2.10. The van der Waals surface area contributed by atoms with E-state index in [0.29, 0.717) is 5.69 Å². The Morgan fingerprint density at radius 1 is 1.40 bits per heavy atom. The lowest BCUT2D eigenvalue weighted by atomic mass is 10.1. The third-order valence-electron chi connectivity index (χ3n) is 2.98. The summed E-state index contributed by atoms with van der Waals surface area (Å²) in [6.07, 6.45) is 0.775. The van der Waals surface area contributed by atoms with Crippen LogP contribution in [0.4, 0.5) is 5.69 Å². The van der Waals surface area contributed by atoms with Gasteiger partial charge in [-0.1, -0.05) is 6.92 Å². The second-order valence-corrected chi connectivity index (χ2v) is 6.01. The van der Waals surface area contributed by atoms with Crippen molar-refractivity contribution in [1.82, 2.24) is 14.9 Å². The second kappa shape index (κ2) is 5.15. The summed E-state index contributed by atoms with van der Waals surface area (Å²) in [7, 11) is 0. The molecule has 5 nitrogen and oxygen atoms in total. The van der Waals surface area contributed by atoms with Crippen LogP contribution in [0.5, 0.6) is 0 Å². The summed E-state index contributed by atoms with van der Waals surface area (Å²) in [5.41, 5.74) is 8.02. The fourth-order valence-electron chi connectivity index (χ4n) is 2.24. The van der Waals surface area contributed by atoms with E-state index in [4.69, 9.17) is 5.73 Å². The topological polar surface area (TPSA) is 72.9 Å². The Labute approximate surface area is 119 Å². The average molecular weight is 274 g/mol. The first-order valence-corrected chi connectivity index (χ1v) is 6.86. The van der Waals surface area contributed by atoms with Gasteiger partial charge in [0.2, 0.25) is 5.91 Å². The third kappa shape index (κ3) is 3.10. The van der Waals surface area contributed by atoms with Crippen molar-refractivity contribution in [3.8, 4) is 0 Å². The Balaban J connectivity index is 2.35. The number of carbonyl (C=O) groups is 1. The normalized spacial score (nSPS) is 11.8. The van der Waals surface area contributed by atoms with Gasteiger partial charge < -0.3 is 15.6 Å². The van der Waals surface area contributed by atoms with Gasteiger partial charge in [0.15, 0.2) is 0 Å². The van der Waals surface area contributed by atoms with E-state index in [0.717, 1.165) is 23.3 Å². The lowest BCUT2D eigenvalue weighted by molar-refractivity contribution is -0.123. The number of carbonyl (C=O) groups excluding carboxylic acids is 1. The molecular formula is C15H22N4O. The molecule has 3 N–H and O–H groups in total. The molecule has 1 aromatic heterocycles. The highest BCUT2D eigenvalue weighted by molar-refractivity contribution is 5.83. The predicted molar refractivity (Wildman–Crippen MR) is 81.4 cm³/mol. The van der Waals surface area contributed by atoms with Crippen molar-refractivity contribution in [2.75, 3.05) is 5.73 Å². The summed E-state index contributed by atoms with van der Waals surface area (Å²) >= 11 is 0. The van der Waals surface area contributed by atoms with Gasteiger partial charge >= 0.3 is 0 Å². The zero-order chi connectivity index (χ0) is 14.9. The van der Waals surface area contributed by atoms with Crippen LogP contribution in [-0.2, 0) is 17.8 Å². The number of imidazole rings is 1. The number of fused-ring (bicyclic) bond motifs is 1. The van der Waals surface area contributed by atoms with Gasteiger partial charge in [-0.05, 0) is 39.0 Å². The molecular weight excluding hydrogens is 252 g/mol. The average Bonchev–Trinajstić information content (AvgIpc) is 2.64. The molecule has 0 aliphatic rings. The maximum absolute atomic E-state index is 12.1. The van der Waals surface area contributed by atoms with Crippen molar-refractivity contribution in [3.63, 3.8) is 0 Å². The van der Waals surface area contributed by atoms with Crippen LogP contribution in [0.2, 0.25) is 0 Å². The summed E-state index contributed by atoms with van der Waals surface area (Å²) in [4.78, 5) is 16.7. The van der Waals surface area contributed by atoms with Crippen LogP contribution in [0.25, 0.3) is 11.0 Å². The molecule has 108 valence electrons. The monoisotopic (exact) mass is 274 g/mol. The van der Waals surface area contributed by atoms with Crippen LogP contribution >= 0.6 is 0 Å². The number of aromatic nitrogens is 2.